The zero-order valence-electron chi connectivity index (χ0n) is 8.77. The molecule has 0 fully saturated rings. The van der Waals surface area contributed by atoms with Crippen LogP contribution in [0.15, 0.2) is 48.5 Å². The molecule has 0 unspecified atom stereocenters. The molecule has 0 spiro atoms. The molecule has 0 heterocycles. The van der Waals surface area contributed by atoms with E-state index in [1.165, 1.54) is 11.1 Å². The zero-order valence-corrected chi connectivity index (χ0v) is 8.77. The molecule has 0 bridgehead atoms. The maximum Gasteiger partial charge on any atom is 0.118 e. The average Bonchev–Trinajstić information content (AvgIpc) is 2.25. The molecule has 2 aromatic carbocycles. The van der Waals surface area contributed by atoms with Gasteiger partial charge in [0.05, 0.1) is 0 Å². The minimum Gasteiger partial charge on any atom is -0.508 e. The molecule has 0 atom stereocenters. The van der Waals surface area contributed by atoms with Crippen LogP contribution in [0.1, 0.15) is 16.7 Å². The Labute approximate surface area is 90.0 Å². The van der Waals surface area contributed by atoms with Crippen molar-refractivity contribution >= 4 is 0 Å². The van der Waals surface area contributed by atoms with Crippen molar-refractivity contribution in [3.05, 3.63) is 65.2 Å². The molecule has 0 aliphatic heterocycles. The number of hydrogen-bond acceptors (Lipinski definition) is 1. The molecule has 0 radical (unpaired) electrons. The smallest absolute Gasteiger partial charge is 0.118 e. The third-order valence-corrected chi connectivity index (χ3v) is 2.51. The van der Waals surface area contributed by atoms with E-state index >= 15 is 0 Å². The second-order valence-electron chi connectivity index (χ2n) is 3.78. The van der Waals surface area contributed by atoms with Crippen LogP contribution in [0.5, 0.6) is 5.75 Å². The number of aromatic hydroxyl groups is 1. The van der Waals surface area contributed by atoms with Gasteiger partial charge in [-0.2, -0.15) is 0 Å². The van der Waals surface area contributed by atoms with Crippen molar-refractivity contribution in [3.8, 4) is 5.75 Å². The van der Waals surface area contributed by atoms with Gasteiger partial charge in [-0.05, 0) is 36.1 Å². The largest absolute Gasteiger partial charge is 0.508 e. The quantitative estimate of drug-likeness (QED) is 0.785. The Morgan fingerprint density at radius 3 is 2.33 bits per heavy atom. The lowest BCUT2D eigenvalue weighted by Gasteiger charge is -2.04. The SMILES string of the molecule is Cc1cc(Cc2ccccc2)ccc1O. The highest BCUT2D eigenvalue weighted by atomic mass is 16.3. The van der Waals surface area contributed by atoms with E-state index < -0.39 is 0 Å². The summed E-state index contributed by atoms with van der Waals surface area (Å²) in [7, 11) is 0. The molecular formula is C14H14O. The first-order valence-electron chi connectivity index (χ1n) is 5.08. The van der Waals surface area contributed by atoms with Crippen molar-refractivity contribution in [2.45, 2.75) is 13.3 Å². The minimum absolute atomic E-state index is 0.367. The fraction of sp³-hybridized carbons (Fsp3) is 0.143. The molecule has 1 nitrogen and oxygen atoms in total. The maximum absolute atomic E-state index is 9.41. The summed E-state index contributed by atoms with van der Waals surface area (Å²) in [5, 5.41) is 9.41. The van der Waals surface area contributed by atoms with Crippen LogP contribution in [0.2, 0.25) is 0 Å². The van der Waals surface area contributed by atoms with Gasteiger partial charge in [0.2, 0.25) is 0 Å². The summed E-state index contributed by atoms with van der Waals surface area (Å²) in [5.41, 5.74) is 3.46. The lowest BCUT2D eigenvalue weighted by molar-refractivity contribution is 0.471. The van der Waals surface area contributed by atoms with Crippen LogP contribution in [0.4, 0.5) is 0 Å². The number of rotatable bonds is 2. The van der Waals surface area contributed by atoms with Gasteiger partial charge in [-0.25, -0.2) is 0 Å². The Hall–Kier alpha value is -1.76. The highest BCUT2D eigenvalue weighted by molar-refractivity contribution is 5.37. The van der Waals surface area contributed by atoms with Gasteiger partial charge >= 0.3 is 0 Å². The van der Waals surface area contributed by atoms with Crippen molar-refractivity contribution < 1.29 is 5.11 Å². The molecule has 2 aromatic rings. The summed E-state index contributed by atoms with van der Waals surface area (Å²) in [5.74, 6) is 0.367. The zero-order chi connectivity index (χ0) is 10.7. The molecule has 2 rings (SSSR count). The van der Waals surface area contributed by atoms with E-state index in [0.717, 1.165) is 12.0 Å². The molecular weight excluding hydrogens is 184 g/mol. The lowest BCUT2D eigenvalue weighted by Crippen LogP contribution is -1.88. The van der Waals surface area contributed by atoms with Crippen molar-refractivity contribution in [1.82, 2.24) is 0 Å². The highest BCUT2D eigenvalue weighted by Gasteiger charge is 1.99. The van der Waals surface area contributed by atoms with Crippen molar-refractivity contribution in [3.63, 3.8) is 0 Å². The topological polar surface area (TPSA) is 20.2 Å². The normalized spacial score (nSPS) is 10.2. The molecule has 1 heteroatoms. The van der Waals surface area contributed by atoms with E-state index in [4.69, 9.17) is 0 Å². The number of benzene rings is 2. The van der Waals surface area contributed by atoms with Gasteiger partial charge in [-0.15, -0.1) is 0 Å². The fourth-order valence-corrected chi connectivity index (χ4v) is 1.66. The second-order valence-corrected chi connectivity index (χ2v) is 3.78. The summed E-state index contributed by atoms with van der Waals surface area (Å²) < 4.78 is 0. The van der Waals surface area contributed by atoms with Gasteiger partial charge in [0.25, 0.3) is 0 Å². The highest BCUT2D eigenvalue weighted by Crippen LogP contribution is 2.18. The first-order valence-corrected chi connectivity index (χ1v) is 5.08. The molecule has 76 valence electrons. The van der Waals surface area contributed by atoms with Crippen LogP contribution in [-0.2, 0) is 6.42 Å². The molecule has 0 aliphatic carbocycles. The van der Waals surface area contributed by atoms with Crippen LogP contribution < -0.4 is 0 Å². The lowest BCUT2D eigenvalue weighted by atomic mass is 10.0. The Bertz CT molecular complexity index is 446. The van der Waals surface area contributed by atoms with Crippen LogP contribution >= 0.6 is 0 Å². The van der Waals surface area contributed by atoms with Gasteiger partial charge in [0.15, 0.2) is 0 Å². The molecule has 1 N–H and O–H groups in total. The molecule has 15 heavy (non-hydrogen) atoms. The Kier molecular flexibility index (Phi) is 2.72. The van der Waals surface area contributed by atoms with Gasteiger partial charge in [-0.1, -0.05) is 42.5 Å². The van der Waals surface area contributed by atoms with Gasteiger partial charge in [0, 0.05) is 0 Å². The fourth-order valence-electron chi connectivity index (χ4n) is 1.66. The van der Waals surface area contributed by atoms with Gasteiger partial charge < -0.3 is 5.11 Å². The Morgan fingerprint density at radius 2 is 1.67 bits per heavy atom. The summed E-state index contributed by atoms with van der Waals surface area (Å²) >= 11 is 0. The van der Waals surface area contributed by atoms with E-state index in [0.29, 0.717) is 5.75 Å². The first kappa shape index (κ1) is 9.78. The third kappa shape index (κ3) is 2.38. The molecule has 0 aromatic heterocycles. The third-order valence-electron chi connectivity index (χ3n) is 2.51. The van der Waals surface area contributed by atoms with Crippen molar-refractivity contribution in [2.24, 2.45) is 0 Å². The van der Waals surface area contributed by atoms with Crippen LogP contribution in [-0.4, -0.2) is 5.11 Å². The summed E-state index contributed by atoms with van der Waals surface area (Å²) in [6, 6.07) is 16.1. The van der Waals surface area contributed by atoms with E-state index in [1.807, 2.05) is 37.3 Å². The van der Waals surface area contributed by atoms with Crippen LogP contribution in [0.25, 0.3) is 0 Å². The van der Waals surface area contributed by atoms with Crippen molar-refractivity contribution in [1.29, 1.82) is 0 Å². The van der Waals surface area contributed by atoms with E-state index in [-0.39, 0.29) is 0 Å². The van der Waals surface area contributed by atoms with Crippen LogP contribution in [0, 0.1) is 6.92 Å². The maximum atomic E-state index is 9.41. The van der Waals surface area contributed by atoms with Gasteiger partial charge in [0.1, 0.15) is 5.75 Å². The number of hydrogen-bond donors (Lipinski definition) is 1. The summed E-state index contributed by atoms with van der Waals surface area (Å²) in [6.45, 7) is 1.92. The van der Waals surface area contributed by atoms with E-state index in [9.17, 15) is 5.11 Å². The molecule has 0 aliphatic rings. The van der Waals surface area contributed by atoms with E-state index in [2.05, 4.69) is 12.1 Å². The molecule has 0 amide bonds. The Morgan fingerprint density at radius 1 is 0.933 bits per heavy atom. The van der Waals surface area contributed by atoms with E-state index in [1.54, 1.807) is 6.07 Å². The monoisotopic (exact) mass is 198 g/mol. The van der Waals surface area contributed by atoms with Crippen LogP contribution in [0.3, 0.4) is 0 Å². The predicted octanol–water partition coefficient (Wildman–Crippen LogP) is 3.29. The first-order chi connectivity index (χ1) is 7.25. The minimum atomic E-state index is 0.367. The standard InChI is InChI=1S/C14H14O/c1-11-9-13(7-8-14(11)15)10-12-5-3-2-4-6-12/h2-9,15H,10H2,1H3. The van der Waals surface area contributed by atoms with Gasteiger partial charge in [-0.3, -0.25) is 0 Å². The number of phenolic OH excluding ortho intramolecular Hbond substituents is 1. The average molecular weight is 198 g/mol. The molecule has 0 saturated heterocycles. The second kappa shape index (κ2) is 4.18. The Balaban J connectivity index is 2.22. The summed E-state index contributed by atoms with van der Waals surface area (Å²) in [4.78, 5) is 0. The van der Waals surface area contributed by atoms with Crippen molar-refractivity contribution in [2.75, 3.05) is 0 Å². The summed E-state index contributed by atoms with van der Waals surface area (Å²) in [6.07, 6.45) is 0.919. The number of phenols is 1. The molecule has 0 saturated carbocycles. The number of aryl methyl sites for hydroxylation is 1. The predicted molar refractivity (Wildman–Crippen MR) is 62.1 cm³/mol.